The Balaban J connectivity index is 2.01. The van der Waals surface area contributed by atoms with E-state index in [-0.39, 0.29) is 5.69 Å². The Hall–Kier alpha value is -2.63. The first-order valence-electron chi connectivity index (χ1n) is 6.38. The predicted molar refractivity (Wildman–Crippen MR) is 73.7 cm³/mol. The highest BCUT2D eigenvalue weighted by Crippen LogP contribution is 2.27. The van der Waals surface area contributed by atoms with Gasteiger partial charge in [0.1, 0.15) is 17.6 Å². The highest BCUT2D eigenvalue weighted by Gasteiger charge is 2.22. The number of hydrogen-bond donors (Lipinski definition) is 1. The number of hydrogen-bond acceptors (Lipinski definition) is 3. The van der Waals surface area contributed by atoms with Gasteiger partial charge in [-0.1, -0.05) is 6.07 Å². The molecule has 3 rings (SSSR count). The molecule has 108 valence electrons. The molecule has 2 aromatic heterocycles. The van der Waals surface area contributed by atoms with E-state index in [0.29, 0.717) is 11.6 Å². The summed E-state index contributed by atoms with van der Waals surface area (Å²) >= 11 is 0. The van der Waals surface area contributed by atoms with Crippen LogP contribution in [0.5, 0.6) is 0 Å². The number of nitrogens with zero attached hydrogens (tertiary/aromatic N) is 2. The summed E-state index contributed by atoms with van der Waals surface area (Å²) in [6, 6.07) is 6.95. The summed E-state index contributed by atoms with van der Waals surface area (Å²) < 4.78 is 34.4. The average molecular weight is 289 g/mol. The van der Waals surface area contributed by atoms with Crippen molar-refractivity contribution in [3.05, 3.63) is 72.2 Å². The highest BCUT2D eigenvalue weighted by atomic mass is 19.2. The highest BCUT2D eigenvalue weighted by molar-refractivity contribution is 5.48. The van der Waals surface area contributed by atoms with E-state index in [1.54, 1.807) is 29.1 Å². The number of anilines is 1. The van der Waals surface area contributed by atoms with Crippen LogP contribution in [0.15, 0.2) is 53.4 Å². The summed E-state index contributed by atoms with van der Waals surface area (Å²) in [7, 11) is 1.82. The lowest BCUT2D eigenvalue weighted by Crippen LogP contribution is -2.17. The SMILES string of the molecule is Cn1ccnc1C(Nc1cccc(F)c1F)c1ccco1. The smallest absolute Gasteiger partial charge is 0.181 e. The van der Waals surface area contributed by atoms with Crippen molar-refractivity contribution in [3.8, 4) is 0 Å². The Morgan fingerprint density at radius 1 is 1.24 bits per heavy atom. The van der Waals surface area contributed by atoms with Gasteiger partial charge in [-0.15, -0.1) is 0 Å². The molecule has 0 bridgehead atoms. The molecule has 1 aromatic carbocycles. The van der Waals surface area contributed by atoms with Gasteiger partial charge in [-0.25, -0.2) is 13.8 Å². The molecule has 0 radical (unpaired) electrons. The normalized spacial score (nSPS) is 12.3. The number of nitrogens with one attached hydrogen (secondary N) is 1. The summed E-state index contributed by atoms with van der Waals surface area (Å²) in [6.45, 7) is 0. The topological polar surface area (TPSA) is 43.0 Å². The van der Waals surface area contributed by atoms with Crippen LogP contribution in [0.3, 0.4) is 0 Å². The second-order valence-corrected chi connectivity index (χ2v) is 4.59. The zero-order valence-corrected chi connectivity index (χ0v) is 11.3. The molecule has 0 saturated carbocycles. The quantitative estimate of drug-likeness (QED) is 0.799. The number of halogens is 2. The number of aryl methyl sites for hydroxylation is 1. The van der Waals surface area contributed by atoms with Crippen LogP contribution >= 0.6 is 0 Å². The Morgan fingerprint density at radius 3 is 2.76 bits per heavy atom. The second-order valence-electron chi connectivity index (χ2n) is 4.59. The van der Waals surface area contributed by atoms with Gasteiger partial charge in [-0.2, -0.15) is 0 Å². The average Bonchev–Trinajstić information content (AvgIpc) is 3.12. The Bertz CT molecular complexity index is 737. The summed E-state index contributed by atoms with van der Waals surface area (Å²) in [5.41, 5.74) is 0.0550. The molecule has 0 aliphatic heterocycles. The van der Waals surface area contributed by atoms with Crippen LogP contribution in [-0.4, -0.2) is 9.55 Å². The summed E-state index contributed by atoms with van der Waals surface area (Å²) in [5.74, 6) is -0.636. The minimum Gasteiger partial charge on any atom is -0.467 e. The van der Waals surface area contributed by atoms with E-state index in [1.165, 1.54) is 18.4 Å². The lowest BCUT2D eigenvalue weighted by molar-refractivity contribution is 0.483. The van der Waals surface area contributed by atoms with E-state index in [0.717, 1.165) is 6.07 Å². The molecule has 6 heteroatoms. The minimum absolute atomic E-state index is 0.0550. The van der Waals surface area contributed by atoms with E-state index >= 15 is 0 Å². The molecule has 0 aliphatic carbocycles. The molecule has 1 atom stereocenters. The molecule has 4 nitrogen and oxygen atoms in total. The largest absolute Gasteiger partial charge is 0.467 e. The number of rotatable bonds is 4. The van der Waals surface area contributed by atoms with Crippen molar-refractivity contribution in [1.82, 2.24) is 9.55 Å². The first-order valence-corrected chi connectivity index (χ1v) is 6.38. The lowest BCUT2D eigenvalue weighted by atomic mass is 10.2. The maximum absolute atomic E-state index is 13.9. The van der Waals surface area contributed by atoms with Gasteiger partial charge in [0.15, 0.2) is 11.6 Å². The zero-order chi connectivity index (χ0) is 14.8. The zero-order valence-electron chi connectivity index (χ0n) is 11.3. The first kappa shape index (κ1) is 13.4. The predicted octanol–water partition coefficient (Wildman–Crippen LogP) is 3.49. The maximum Gasteiger partial charge on any atom is 0.181 e. The van der Waals surface area contributed by atoms with Crippen molar-refractivity contribution >= 4 is 5.69 Å². The van der Waals surface area contributed by atoms with Crippen LogP contribution in [0.1, 0.15) is 17.6 Å². The van der Waals surface area contributed by atoms with Crippen molar-refractivity contribution in [2.24, 2.45) is 7.05 Å². The Morgan fingerprint density at radius 2 is 2.10 bits per heavy atom. The number of imidazole rings is 1. The van der Waals surface area contributed by atoms with Crippen LogP contribution in [-0.2, 0) is 7.05 Å². The number of benzene rings is 1. The van der Waals surface area contributed by atoms with E-state index in [9.17, 15) is 8.78 Å². The molecule has 0 aliphatic rings. The fourth-order valence-electron chi connectivity index (χ4n) is 2.14. The lowest BCUT2D eigenvalue weighted by Gasteiger charge is -2.18. The van der Waals surface area contributed by atoms with Gasteiger partial charge in [-0.05, 0) is 24.3 Å². The van der Waals surface area contributed by atoms with E-state index < -0.39 is 17.7 Å². The molecular formula is C15H13F2N3O. The van der Waals surface area contributed by atoms with Crippen molar-refractivity contribution in [2.75, 3.05) is 5.32 Å². The molecule has 0 fully saturated rings. The van der Waals surface area contributed by atoms with Gasteiger partial charge < -0.3 is 14.3 Å². The van der Waals surface area contributed by atoms with Gasteiger partial charge >= 0.3 is 0 Å². The third-order valence-electron chi connectivity index (χ3n) is 3.20. The van der Waals surface area contributed by atoms with Crippen molar-refractivity contribution in [2.45, 2.75) is 6.04 Å². The second kappa shape index (κ2) is 5.40. The molecule has 3 aromatic rings. The van der Waals surface area contributed by atoms with Gasteiger partial charge in [0.2, 0.25) is 0 Å². The summed E-state index contributed by atoms with van der Waals surface area (Å²) in [5, 5.41) is 2.94. The van der Waals surface area contributed by atoms with Crippen molar-refractivity contribution < 1.29 is 13.2 Å². The molecule has 0 amide bonds. The Labute approximate surface area is 120 Å². The van der Waals surface area contributed by atoms with Gasteiger partial charge in [-0.3, -0.25) is 0 Å². The van der Waals surface area contributed by atoms with Gasteiger partial charge in [0.25, 0.3) is 0 Å². The standard InChI is InChI=1S/C15H13F2N3O/c1-20-8-7-18-15(20)14(12-6-3-9-21-12)19-11-5-2-4-10(16)13(11)17/h2-9,14,19H,1H3. The van der Waals surface area contributed by atoms with Crippen molar-refractivity contribution in [1.29, 1.82) is 0 Å². The molecule has 0 spiro atoms. The van der Waals surface area contributed by atoms with E-state index in [2.05, 4.69) is 10.3 Å². The van der Waals surface area contributed by atoms with Crippen LogP contribution in [0.25, 0.3) is 0 Å². The third-order valence-corrected chi connectivity index (χ3v) is 3.20. The van der Waals surface area contributed by atoms with Crippen molar-refractivity contribution in [3.63, 3.8) is 0 Å². The molecule has 1 unspecified atom stereocenters. The van der Waals surface area contributed by atoms with Crippen LogP contribution < -0.4 is 5.32 Å². The van der Waals surface area contributed by atoms with Gasteiger partial charge in [0, 0.05) is 19.4 Å². The van der Waals surface area contributed by atoms with E-state index in [4.69, 9.17) is 4.42 Å². The van der Waals surface area contributed by atoms with Gasteiger partial charge in [0.05, 0.1) is 12.0 Å². The molecule has 21 heavy (non-hydrogen) atoms. The molecule has 2 heterocycles. The third kappa shape index (κ3) is 2.52. The monoisotopic (exact) mass is 289 g/mol. The fourth-order valence-corrected chi connectivity index (χ4v) is 2.14. The van der Waals surface area contributed by atoms with Crippen LogP contribution in [0.2, 0.25) is 0 Å². The fraction of sp³-hybridized carbons (Fsp3) is 0.133. The Kier molecular flexibility index (Phi) is 3.43. The minimum atomic E-state index is -0.928. The van der Waals surface area contributed by atoms with Crippen LogP contribution in [0, 0.1) is 11.6 Å². The number of aromatic nitrogens is 2. The molecular weight excluding hydrogens is 276 g/mol. The molecule has 0 saturated heterocycles. The number of furan rings is 1. The van der Waals surface area contributed by atoms with E-state index in [1.807, 2.05) is 7.05 Å². The summed E-state index contributed by atoms with van der Waals surface area (Å²) in [6.07, 6.45) is 4.93. The molecule has 1 N–H and O–H groups in total. The first-order chi connectivity index (χ1) is 10.2. The summed E-state index contributed by atoms with van der Waals surface area (Å²) in [4.78, 5) is 4.24. The maximum atomic E-state index is 13.9. The van der Waals surface area contributed by atoms with Crippen LogP contribution in [0.4, 0.5) is 14.5 Å².